The lowest BCUT2D eigenvalue weighted by Gasteiger charge is -2.37. The minimum Gasteiger partial charge on any atom is -0.465 e. The lowest BCUT2D eigenvalue weighted by atomic mass is 10.1. The average Bonchev–Trinajstić information content (AvgIpc) is 3.28. The number of H-pyrrole nitrogens is 1. The number of amides is 3. The van der Waals surface area contributed by atoms with Crippen molar-refractivity contribution in [3.05, 3.63) is 30.1 Å². The van der Waals surface area contributed by atoms with Crippen LogP contribution >= 0.6 is 0 Å². The number of imidazole rings is 1. The van der Waals surface area contributed by atoms with E-state index < -0.39 is 12.1 Å². The molecule has 1 aromatic carbocycles. The summed E-state index contributed by atoms with van der Waals surface area (Å²) in [7, 11) is 0. The van der Waals surface area contributed by atoms with Gasteiger partial charge in [-0.1, -0.05) is 12.1 Å². The van der Waals surface area contributed by atoms with Crippen LogP contribution in [-0.4, -0.2) is 63.1 Å². The number of carbonyl (C=O) groups is 3. The molecule has 2 aromatic rings. The fourth-order valence-corrected chi connectivity index (χ4v) is 3.37. The van der Waals surface area contributed by atoms with Gasteiger partial charge in [0.2, 0.25) is 11.8 Å². The van der Waals surface area contributed by atoms with Crippen molar-refractivity contribution in [1.82, 2.24) is 25.5 Å². The third kappa shape index (κ3) is 3.44. The van der Waals surface area contributed by atoms with Crippen LogP contribution in [0.1, 0.15) is 25.1 Å². The minimum absolute atomic E-state index is 0.0448. The Kier molecular flexibility index (Phi) is 4.21. The van der Waals surface area contributed by atoms with E-state index in [0.29, 0.717) is 6.42 Å². The number of hydrogen-bond acceptors (Lipinski definition) is 4. The summed E-state index contributed by atoms with van der Waals surface area (Å²) in [6, 6.07) is 6.85. The van der Waals surface area contributed by atoms with E-state index in [1.807, 2.05) is 24.3 Å². The van der Waals surface area contributed by atoms with Crippen LogP contribution in [0.15, 0.2) is 24.3 Å². The quantitative estimate of drug-likeness (QED) is 0.614. The summed E-state index contributed by atoms with van der Waals surface area (Å²) in [4.78, 5) is 44.3. The number of benzene rings is 1. The Morgan fingerprint density at radius 2 is 2.04 bits per heavy atom. The summed E-state index contributed by atoms with van der Waals surface area (Å²) in [5.41, 5.74) is 1.82. The molecule has 9 heteroatoms. The van der Waals surface area contributed by atoms with E-state index in [-0.39, 0.29) is 42.8 Å². The Labute approximate surface area is 155 Å². The maximum Gasteiger partial charge on any atom is 0.407 e. The van der Waals surface area contributed by atoms with E-state index in [1.54, 1.807) is 6.92 Å². The molecule has 2 aliphatic rings. The third-order valence-corrected chi connectivity index (χ3v) is 5.14. The van der Waals surface area contributed by atoms with E-state index in [9.17, 15) is 14.4 Å². The molecule has 27 heavy (non-hydrogen) atoms. The van der Waals surface area contributed by atoms with Crippen LogP contribution in [0.5, 0.6) is 0 Å². The van der Waals surface area contributed by atoms with Crippen molar-refractivity contribution in [2.24, 2.45) is 5.92 Å². The van der Waals surface area contributed by atoms with Gasteiger partial charge in [0.1, 0.15) is 11.9 Å². The molecule has 3 atom stereocenters. The lowest BCUT2D eigenvalue weighted by Crippen LogP contribution is -2.62. The first-order valence-electron chi connectivity index (χ1n) is 8.95. The summed E-state index contributed by atoms with van der Waals surface area (Å²) in [5.74, 6) is 0.190. The molecule has 9 nitrogen and oxygen atoms in total. The number of aromatic amines is 1. The predicted octanol–water partition coefficient (Wildman–Crippen LogP) is 0.650. The maximum atomic E-state index is 12.4. The third-order valence-electron chi connectivity index (χ3n) is 5.14. The van der Waals surface area contributed by atoms with Gasteiger partial charge in [0.05, 0.1) is 17.1 Å². The van der Waals surface area contributed by atoms with Crippen molar-refractivity contribution in [3.8, 4) is 0 Å². The largest absolute Gasteiger partial charge is 0.465 e. The highest BCUT2D eigenvalue weighted by Gasteiger charge is 2.46. The van der Waals surface area contributed by atoms with Crippen molar-refractivity contribution in [1.29, 1.82) is 0 Å². The Hall–Kier alpha value is -3.10. The van der Waals surface area contributed by atoms with Crippen LogP contribution in [0.25, 0.3) is 11.0 Å². The highest BCUT2D eigenvalue weighted by atomic mass is 16.4. The molecule has 4 rings (SSSR count). The maximum absolute atomic E-state index is 12.4. The van der Waals surface area contributed by atoms with Crippen molar-refractivity contribution in [2.45, 2.75) is 31.3 Å². The number of nitrogens with zero attached hydrogens (tertiary/aromatic N) is 2. The monoisotopic (exact) mass is 371 g/mol. The second kappa shape index (κ2) is 6.57. The molecule has 142 valence electrons. The molecule has 0 radical (unpaired) electrons. The summed E-state index contributed by atoms with van der Waals surface area (Å²) >= 11 is 0. The predicted molar refractivity (Wildman–Crippen MR) is 96.1 cm³/mol. The summed E-state index contributed by atoms with van der Waals surface area (Å²) in [6.07, 6.45) is -0.289. The molecule has 1 aliphatic carbocycles. The Bertz CT molecular complexity index is 871. The lowest BCUT2D eigenvalue weighted by molar-refractivity contribution is -0.130. The Morgan fingerprint density at radius 1 is 1.30 bits per heavy atom. The molecule has 2 heterocycles. The molecule has 0 bridgehead atoms. The van der Waals surface area contributed by atoms with Crippen molar-refractivity contribution >= 4 is 28.9 Å². The standard InChI is InChI=1S/C18H21N5O4/c1-9(16(24)20-10-7-23(8-10)18(26)27)19-17(25)12-6-11(12)15-21-13-4-2-3-5-14(13)22-15/h2-5,9-12H,6-8H2,1H3,(H,19,25)(H,20,24)(H,21,22)(H,26,27). The van der Waals surface area contributed by atoms with E-state index in [4.69, 9.17) is 5.11 Å². The zero-order valence-electron chi connectivity index (χ0n) is 14.8. The summed E-state index contributed by atoms with van der Waals surface area (Å²) in [5, 5.41) is 14.3. The molecular weight excluding hydrogens is 350 g/mol. The number of carboxylic acid groups (broad SMARTS) is 1. The van der Waals surface area contributed by atoms with Gasteiger partial charge in [0.25, 0.3) is 0 Å². The van der Waals surface area contributed by atoms with Crippen LogP contribution in [0.3, 0.4) is 0 Å². The number of nitrogens with one attached hydrogen (secondary N) is 3. The molecule has 1 saturated carbocycles. The minimum atomic E-state index is -0.993. The van der Waals surface area contributed by atoms with Gasteiger partial charge in [-0.2, -0.15) is 0 Å². The van der Waals surface area contributed by atoms with Gasteiger partial charge in [-0.25, -0.2) is 9.78 Å². The molecule has 2 fully saturated rings. The van der Waals surface area contributed by atoms with Gasteiger partial charge in [-0.05, 0) is 25.5 Å². The van der Waals surface area contributed by atoms with Crippen LogP contribution in [0, 0.1) is 5.92 Å². The number of carbonyl (C=O) groups excluding carboxylic acids is 2. The van der Waals surface area contributed by atoms with Crippen LogP contribution < -0.4 is 10.6 Å². The van der Waals surface area contributed by atoms with Crippen molar-refractivity contribution in [2.75, 3.05) is 13.1 Å². The molecule has 4 N–H and O–H groups in total. The molecule has 1 aromatic heterocycles. The second-order valence-corrected chi connectivity index (χ2v) is 7.21. The fourth-order valence-electron chi connectivity index (χ4n) is 3.37. The van der Waals surface area contributed by atoms with Gasteiger partial charge in [0.15, 0.2) is 0 Å². The Morgan fingerprint density at radius 3 is 2.74 bits per heavy atom. The molecule has 3 amide bonds. The number of fused-ring (bicyclic) bond motifs is 1. The fraction of sp³-hybridized carbons (Fsp3) is 0.444. The van der Waals surface area contributed by atoms with Crippen LogP contribution in [-0.2, 0) is 9.59 Å². The summed E-state index contributed by atoms with van der Waals surface area (Å²) in [6.45, 7) is 2.18. The molecular formula is C18H21N5O4. The highest BCUT2D eigenvalue weighted by Crippen LogP contribution is 2.46. The Balaban J connectivity index is 1.27. The van der Waals surface area contributed by atoms with Gasteiger partial charge in [-0.15, -0.1) is 0 Å². The second-order valence-electron chi connectivity index (χ2n) is 7.21. The van der Waals surface area contributed by atoms with Gasteiger partial charge in [-0.3, -0.25) is 9.59 Å². The number of aromatic nitrogens is 2. The van der Waals surface area contributed by atoms with Gasteiger partial charge >= 0.3 is 6.09 Å². The van der Waals surface area contributed by atoms with Gasteiger partial charge in [0, 0.05) is 24.9 Å². The molecule has 1 saturated heterocycles. The first-order chi connectivity index (χ1) is 12.9. The molecule has 1 aliphatic heterocycles. The summed E-state index contributed by atoms with van der Waals surface area (Å²) < 4.78 is 0. The first kappa shape index (κ1) is 17.3. The van der Waals surface area contributed by atoms with E-state index in [2.05, 4.69) is 20.6 Å². The number of likely N-dealkylation sites (tertiary alicyclic amines) is 1. The zero-order chi connectivity index (χ0) is 19.1. The smallest absolute Gasteiger partial charge is 0.407 e. The molecule has 0 spiro atoms. The van der Waals surface area contributed by atoms with Crippen molar-refractivity contribution in [3.63, 3.8) is 0 Å². The molecule has 3 unspecified atom stereocenters. The van der Waals surface area contributed by atoms with E-state index >= 15 is 0 Å². The highest BCUT2D eigenvalue weighted by molar-refractivity contribution is 5.90. The van der Waals surface area contributed by atoms with Crippen LogP contribution in [0.2, 0.25) is 0 Å². The van der Waals surface area contributed by atoms with E-state index in [0.717, 1.165) is 16.9 Å². The van der Waals surface area contributed by atoms with Crippen molar-refractivity contribution < 1.29 is 19.5 Å². The SMILES string of the molecule is CC(NC(=O)C1CC1c1nc2ccccc2[nH]1)C(=O)NC1CN(C(=O)O)C1. The topological polar surface area (TPSA) is 127 Å². The number of para-hydroxylation sites is 2. The normalized spacial score (nSPS) is 22.8. The number of rotatable bonds is 5. The zero-order valence-corrected chi connectivity index (χ0v) is 14.8. The van der Waals surface area contributed by atoms with Crippen LogP contribution in [0.4, 0.5) is 4.79 Å². The van der Waals surface area contributed by atoms with E-state index in [1.165, 1.54) is 4.90 Å². The average molecular weight is 371 g/mol. The number of hydrogen-bond donors (Lipinski definition) is 4. The van der Waals surface area contributed by atoms with Gasteiger partial charge < -0.3 is 25.6 Å². The first-order valence-corrected chi connectivity index (χ1v) is 8.95.